The fraction of sp³-hybridized carbons (Fsp3) is 0.600. The van der Waals surface area contributed by atoms with Crippen molar-refractivity contribution >= 4 is 23.7 Å². The van der Waals surface area contributed by atoms with E-state index < -0.39 is 48.7 Å². The zero-order chi connectivity index (χ0) is 28.6. The smallest absolute Gasteiger partial charge is 0.382 e. The fourth-order valence-electron chi connectivity index (χ4n) is 5.34. The van der Waals surface area contributed by atoms with Gasteiger partial charge in [-0.15, -0.1) is 0 Å². The Bertz CT molecular complexity index is 1250. The van der Waals surface area contributed by atoms with E-state index in [1.165, 1.54) is 19.4 Å². The van der Waals surface area contributed by atoms with Gasteiger partial charge in [-0.25, -0.2) is 14.4 Å². The van der Waals surface area contributed by atoms with E-state index in [-0.39, 0.29) is 24.0 Å². The van der Waals surface area contributed by atoms with Crippen molar-refractivity contribution in [2.45, 2.75) is 56.9 Å². The number of anilines is 1. The van der Waals surface area contributed by atoms with E-state index >= 15 is 0 Å². The number of urea groups is 1. The van der Waals surface area contributed by atoms with Gasteiger partial charge in [-0.05, 0) is 73.2 Å². The highest BCUT2D eigenvalue weighted by Gasteiger charge is 2.50. The van der Waals surface area contributed by atoms with E-state index in [2.05, 4.69) is 30.6 Å². The molecule has 15 heteroatoms. The molecule has 2 aromatic rings. The van der Waals surface area contributed by atoms with E-state index in [1.807, 2.05) is 5.32 Å². The number of aryl methyl sites for hydroxylation is 1. The summed E-state index contributed by atoms with van der Waals surface area (Å²) in [7, 11) is 1.38. The third-order valence-electron chi connectivity index (χ3n) is 7.61. The Morgan fingerprint density at radius 2 is 1.93 bits per heavy atom. The first kappa shape index (κ1) is 27.8. The summed E-state index contributed by atoms with van der Waals surface area (Å²) in [6.45, 7) is 0.906. The lowest BCUT2D eigenvalue weighted by Crippen LogP contribution is -2.50. The number of ether oxygens (including phenoxy) is 1. The number of carbonyl (C=O) groups is 3. The van der Waals surface area contributed by atoms with Gasteiger partial charge in [0.05, 0.1) is 19.2 Å². The molecule has 12 nitrogen and oxygen atoms in total. The Labute approximate surface area is 227 Å². The zero-order valence-electron chi connectivity index (χ0n) is 21.9. The highest BCUT2D eigenvalue weighted by atomic mass is 19.4. The molecular weight excluding hydrogens is 535 g/mol. The molecule has 2 aromatic heterocycles. The first-order valence-corrected chi connectivity index (χ1v) is 13.1. The molecule has 216 valence electrons. The van der Waals surface area contributed by atoms with Gasteiger partial charge < -0.3 is 25.6 Å². The van der Waals surface area contributed by atoms with E-state index in [1.54, 1.807) is 13.0 Å². The average Bonchev–Trinajstić information content (AvgIpc) is 3.83. The Hall–Kier alpha value is -3.75. The lowest BCUT2D eigenvalue weighted by molar-refractivity contribution is -0.150. The van der Waals surface area contributed by atoms with Crippen LogP contribution in [0.2, 0.25) is 0 Å². The number of hydrogen-bond acceptors (Lipinski definition) is 8. The number of amides is 4. The first-order chi connectivity index (χ1) is 19.1. The SMILES string of the molecule is COC[C@H](c1ccnc(NC(=O)[C@@H](NC(=O)c2nonc2C)C(C2CC2)C2CC2)c1)N1C[C@@H](C(F)(F)F)NC1=O. The van der Waals surface area contributed by atoms with Gasteiger partial charge in [0.1, 0.15) is 23.6 Å². The summed E-state index contributed by atoms with van der Waals surface area (Å²) in [6.07, 6.45) is 0.658. The van der Waals surface area contributed by atoms with E-state index in [0.29, 0.717) is 23.1 Å². The fourth-order valence-corrected chi connectivity index (χ4v) is 5.34. The molecule has 3 N–H and O–H groups in total. The summed E-state index contributed by atoms with van der Waals surface area (Å²) < 4.78 is 49.6. The third-order valence-corrected chi connectivity index (χ3v) is 7.61. The summed E-state index contributed by atoms with van der Waals surface area (Å²) in [4.78, 5) is 44.3. The quantitative estimate of drug-likeness (QED) is 0.376. The van der Waals surface area contributed by atoms with Gasteiger partial charge in [0.25, 0.3) is 5.91 Å². The summed E-state index contributed by atoms with van der Waals surface area (Å²) in [5.74, 6) is -0.386. The van der Waals surface area contributed by atoms with Gasteiger partial charge in [0, 0.05) is 13.3 Å². The minimum Gasteiger partial charge on any atom is -0.382 e. The predicted octanol–water partition coefficient (Wildman–Crippen LogP) is 2.59. The molecule has 0 unspecified atom stereocenters. The zero-order valence-corrected chi connectivity index (χ0v) is 21.9. The third kappa shape index (κ3) is 6.03. The molecule has 3 aliphatic rings. The second-order valence-corrected chi connectivity index (χ2v) is 10.5. The van der Waals surface area contributed by atoms with Gasteiger partial charge >= 0.3 is 12.2 Å². The number of aromatic nitrogens is 3. The van der Waals surface area contributed by atoms with Crippen LogP contribution in [0, 0.1) is 24.7 Å². The van der Waals surface area contributed by atoms with Crippen molar-refractivity contribution in [3.8, 4) is 0 Å². The number of halogens is 3. The molecule has 0 radical (unpaired) electrons. The van der Waals surface area contributed by atoms with Crippen molar-refractivity contribution in [3.05, 3.63) is 35.3 Å². The number of pyridine rings is 1. The summed E-state index contributed by atoms with van der Waals surface area (Å²) in [5, 5.41) is 14.8. The molecule has 1 aliphatic heterocycles. The largest absolute Gasteiger partial charge is 0.410 e. The Morgan fingerprint density at radius 1 is 1.23 bits per heavy atom. The second-order valence-electron chi connectivity index (χ2n) is 10.5. The predicted molar refractivity (Wildman–Crippen MR) is 132 cm³/mol. The lowest BCUT2D eigenvalue weighted by Gasteiger charge is -2.28. The molecule has 2 aliphatic carbocycles. The van der Waals surface area contributed by atoms with Gasteiger partial charge in [0.15, 0.2) is 5.69 Å². The van der Waals surface area contributed by atoms with Gasteiger partial charge in [0.2, 0.25) is 5.91 Å². The topological polar surface area (TPSA) is 152 Å². The summed E-state index contributed by atoms with van der Waals surface area (Å²) >= 11 is 0. The Balaban J connectivity index is 1.36. The van der Waals surface area contributed by atoms with E-state index in [4.69, 9.17) is 4.74 Å². The minimum absolute atomic E-state index is 0.00766. The summed E-state index contributed by atoms with van der Waals surface area (Å²) in [5.41, 5.74) is 0.714. The Morgan fingerprint density at radius 3 is 2.48 bits per heavy atom. The van der Waals surface area contributed by atoms with Crippen LogP contribution >= 0.6 is 0 Å². The number of nitrogens with zero attached hydrogens (tertiary/aromatic N) is 4. The number of hydrogen-bond donors (Lipinski definition) is 3. The monoisotopic (exact) mass is 565 g/mol. The van der Waals surface area contributed by atoms with Crippen molar-refractivity contribution in [2.24, 2.45) is 17.8 Å². The maximum atomic E-state index is 13.6. The van der Waals surface area contributed by atoms with Crippen LogP contribution < -0.4 is 16.0 Å². The average molecular weight is 566 g/mol. The maximum absolute atomic E-state index is 13.6. The lowest BCUT2D eigenvalue weighted by atomic mass is 9.88. The van der Waals surface area contributed by atoms with Gasteiger partial charge in [-0.1, -0.05) is 5.16 Å². The number of rotatable bonds is 11. The van der Waals surface area contributed by atoms with Crippen LogP contribution in [0.15, 0.2) is 23.0 Å². The molecule has 0 spiro atoms. The molecule has 0 bridgehead atoms. The molecule has 4 amide bonds. The van der Waals surface area contributed by atoms with Crippen LogP contribution in [0.3, 0.4) is 0 Å². The molecule has 40 heavy (non-hydrogen) atoms. The highest BCUT2D eigenvalue weighted by Crippen LogP contribution is 2.51. The number of nitrogens with one attached hydrogen (secondary N) is 3. The molecule has 3 atom stereocenters. The second kappa shape index (κ2) is 11.0. The molecule has 5 rings (SSSR count). The number of alkyl halides is 3. The van der Waals surface area contributed by atoms with E-state index in [0.717, 1.165) is 30.6 Å². The van der Waals surface area contributed by atoms with Crippen molar-refractivity contribution in [1.29, 1.82) is 0 Å². The maximum Gasteiger partial charge on any atom is 0.410 e. The van der Waals surface area contributed by atoms with Crippen molar-refractivity contribution in [1.82, 2.24) is 30.8 Å². The Kier molecular flexibility index (Phi) is 7.66. The highest BCUT2D eigenvalue weighted by molar-refractivity contribution is 6.00. The standard InChI is InChI=1S/C25H30F3N7O5/c1-12-20(34-40-33-12)22(36)32-21(19(13-3-4-13)14-5-6-14)23(37)31-18-9-15(7-8-29-18)16(11-39-2)35-10-17(25(26,27)28)30-24(35)38/h7-9,13-14,16-17,19,21H,3-6,10-11H2,1-2H3,(H,30,38)(H,32,36)(H,29,31,37)/t16-,17+,21+/m1/s1. The van der Waals surface area contributed by atoms with Crippen molar-refractivity contribution in [3.63, 3.8) is 0 Å². The van der Waals surface area contributed by atoms with Crippen LogP contribution in [-0.4, -0.2) is 76.6 Å². The molecule has 3 fully saturated rings. The summed E-state index contributed by atoms with van der Waals surface area (Å²) in [6, 6.07) is -1.58. The normalized spacial score (nSPS) is 20.8. The van der Waals surface area contributed by atoms with Crippen LogP contribution in [0.25, 0.3) is 0 Å². The van der Waals surface area contributed by atoms with Gasteiger partial charge in [-0.3, -0.25) is 9.59 Å². The van der Waals surface area contributed by atoms with E-state index in [9.17, 15) is 27.6 Å². The molecule has 2 saturated carbocycles. The van der Waals surface area contributed by atoms with Crippen molar-refractivity contribution < 1.29 is 36.9 Å². The van der Waals surface area contributed by atoms with Crippen LogP contribution in [0.4, 0.5) is 23.8 Å². The number of methoxy groups -OCH3 is 1. The van der Waals surface area contributed by atoms with Crippen LogP contribution in [0.5, 0.6) is 0 Å². The number of carbonyl (C=O) groups excluding carboxylic acids is 3. The van der Waals surface area contributed by atoms with Crippen molar-refractivity contribution in [2.75, 3.05) is 25.6 Å². The first-order valence-electron chi connectivity index (χ1n) is 13.1. The molecule has 0 aromatic carbocycles. The molecule has 1 saturated heterocycles. The van der Waals surface area contributed by atoms with Gasteiger partial charge in [-0.2, -0.15) is 13.2 Å². The van der Waals surface area contributed by atoms with Crippen LogP contribution in [-0.2, 0) is 9.53 Å². The minimum atomic E-state index is -4.60. The molecule has 3 heterocycles. The molecular formula is C25H30F3N7O5. The van der Waals surface area contributed by atoms with Crippen LogP contribution in [0.1, 0.15) is 53.5 Å².